The molecule has 0 spiro atoms. The van der Waals surface area contributed by atoms with Gasteiger partial charge in [0.2, 0.25) is 5.91 Å². The van der Waals surface area contributed by atoms with Crippen molar-refractivity contribution >= 4 is 29.2 Å². The van der Waals surface area contributed by atoms with E-state index in [9.17, 15) is 14.4 Å². The molecule has 2 aromatic heterocycles. The van der Waals surface area contributed by atoms with E-state index in [-0.39, 0.29) is 18.5 Å². The number of carbonyl (C=O) groups excluding carboxylic acids is 3. The van der Waals surface area contributed by atoms with Gasteiger partial charge in [0, 0.05) is 11.4 Å². The average Bonchev–Trinajstić information content (AvgIpc) is 3.42. The second-order valence-electron chi connectivity index (χ2n) is 6.16. The molecule has 0 aliphatic heterocycles. The Hall–Kier alpha value is -4.01. The van der Waals surface area contributed by atoms with Crippen LogP contribution in [-0.2, 0) is 11.3 Å². The van der Waals surface area contributed by atoms with Crippen LogP contribution >= 0.6 is 0 Å². The predicted octanol–water partition coefficient (Wildman–Crippen LogP) is 2.95. The molecule has 0 unspecified atom stereocenters. The lowest BCUT2D eigenvalue weighted by molar-refractivity contribution is -0.117. The first-order chi connectivity index (χ1) is 14.0. The van der Waals surface area contributed by atoms with Gasteiger partial charge in [-0.1, -0.05) is 0 Å². The highest BCUT2D eigenvalue weighted by molar-refractivity contribution is 6.01. The van der Waals surface area contributed by atoms with Crippen LogP contribution in [0.15, 0.2) is 70.1 Å². The van der Waals surface area contributed by atoms with E-state index in [1.54, 1.807) is 43.3 Å². The van der Waals surface area contributed by atoms with Crippen LogP contribution in [0, 0.1) is 0 Å². The van der Waals surface area contributed by atoms with Gasteiger partial charge in [0.05, 0.1) is 24.6 Å². The lowest BCUT2D eigenvalue weighted by atomic mass is 10.2. The van der Waals surface area contributed by atoms with Gasteiger partial charge in [-0.05, 0) is 49.4 Å². The topological polar surface area (TPSA) is 126 Å². The third kappa shape index (κ3) is 5.73. The van der Waals surface area contributed by atoms with E-state index in [1.807, 2.05) is 0 Å². The van der Waals surface area contributed by atoms with Crippen molar-refractivity contribution in [2.45, 2.75) is 19.5 Å². The third-order valence-corrected chi connectivity index (χ3v) is 3.94. The lowest BCUT2D eigenvalue weighted by Gasteiger charge is -2.14. The van der Waals surface area contributed by atoms with Crippen molar-refractivity contribution in [1.29, 1.82) is 0 Å². The molecular formula is C20H20N4O5. The summed E-state index contributed by atoms with van der Waals surface area (Å²) >= 11 is 0. The van der Waals surface area contributed by atoms with Crippen LogP contribution in [0.3, 0.4) is 0 Å². The number of hydrogen-bond donors (Lipinski definition) is 4. The summed E-state index contributed by atoms with van der Waals surface area (Å²) in [5.41, 5.74) is 1.42. The fourth-order valence-corrected chi connectivity index (χ4v) is 2.38. The first-order valence-electron chi connectivity index (χ1n) is 8.82. The molecule has 3 aromatic rings. The molecule has 2 heterocycles. The van der Waals surface area contributed by atoms with Crippen LogP contribution in [0.2, 0.25) is 0 Å². The Kier molecular flexibility index (Phi) is 6.31. The normalized spacial score (nSPS) is 11.3. The van der Waals surface area contributed by atoms with Gasteiger partial charge in [-0.3, -0.25) is 9.59 Å². The Morgan fingerprint density at radius 1 is 0.966 bits per heavy atom. The molecule has 150 valence electrons. The van der Waals surface area contributed by atoms with Gasteiger partial charge in [-0.2, -0.15) is 0 Å². The molecule has 4 N–H and O–H groups in total. The van der Waals surface area contributed by atoms with Crippen molar-refractivity contribution < 1.29 is 23.2 Å². The first kappa shape index (κ1) is 19.7. The number of nitrogens with one attached hydrogen (secondary N) is 4. The molecule has 4 amide bonds. The van der Waals surface area contributed by atoms with Crippen LogP contribution in [-0.4, -0.2) is 23.9 Å². The minimum absolute atomic E-state index is 0.273. The SMILES string of the molecule is C[C@H](NC(=O)c1ccoc1)C(=O)Nc1ccc(NC(=O)NCc2ccco2)cc1. The molecule has 0 aliphatic carbocycles. The largest absolute Gasteiger partial charge is 0.472 e. The fraction of sp³-hybridized carbons (Fsp3) is 0.150. The average molecular weight is 396 g/mol. The molecule has 0 aliphatic rings. The smallest absolute Gasteiger partial charge is 0.319 e. The summed E-state index contributed by atoms with van der Waals surface area (Å²) in [5.74, 6) is -0.132. The Morgan fingerprint density at radius 3 is 2.31 bits per heavy atom. The number of anilines is 2. The molecule has 0 bridgehead atoms. The van der Waals surface area contributed by atoms with Gasteiger partial charge in [0.25, 0.3) is 5.91 Å². The molecule has 1 atom stereocenters. The maximum absolute atomic E-state index is 12.2. The summed E-state index contributed by atoms with van der Waals surface area (Å²) in [6, 6.07) is 10.5. The summed E-state index contributed by atoms with van der Waals surface area (Å²) < 4.78 is 9.98. The Morgan fingerprint density at radius 2 is 1.69 bits per heavy atom. The molecule has 9 heteroatoms. The summed E-state index contributed by atoms with van der Waals surface area (Å²) in [5, 5.41) is 10.6. The fourth-order valence-electron chi connectivity index (χ4n) is 2.38. The zero-order valence-electron chi connectivity index (χ0n) is 15.6. The van der Waals surface area contributed by atoms with Crippen molar-refractivity contribution in [1.82, 2.24) is 10.6 Å². The zero-order valence-corrected chi connectivity index (χ0v) is 15.6. The Balaban J connectivity index is 1.46. The van der Waals surface area contributed by atoms with Crippen molar-refractivity contribution in [3.05, 3.63) is 72.6 Å². The summed E-state index contributed by atoms with van der Waals surface area (Å²) in [7, 11) is 0. The van der Waals surface area contributed by atoms with Gasteiger partial charge < -0.3 is 30.1 Å². The molecule has 29 heavy (non-hydrogen) atoms. The number of benzene rings is 1. The molecule has 1 aromatic carbocycles. The molecule has 3 rings (SSSR count). The highest BCUT2D eigenvalue weighted by Crippen LogP contribution is 2.14. The third-order valence-electron chi connectivity index (χ3n) is 3.94. The summed E-state index contributed by atoms with van der Waals surface area (Å²) in [6.45, 7) is 1.85. The first-order valence-corrected chi connectivity index (χ1v) is 8.82. The van der Waals surface area contributed by atoms with Crippen molar-refractivity contribution in [2.75, 3.05) is 10.6 Å². The predicted molar refractivity (Wildman–Crippen MR) is 105 cm³/mol. The second-order valence-corrected chi connectivity index (χ2v) is 6.16. The number of urea groups is 1. The number of furan rings is 2. The zero-order chi connectivity index (χ0) is 20.6. The Bertz CT molecular complexity index is 949. The van der Waals surface area contributed by atoms with Crippen LogP contribution in [0.25, 0.3) is 0 Å². The monoisotopic (exact) mass is 396 g/mol. The summed E-state index contributed by atoms with van der Waals surface area (Å²) in [6.07, 6.45) is 4.22. The van der Waals surface area contributed by atoms with Crippen molar-refractivity contribution in [3.63, 3.8) is 0 Å². The highest BCUT2D eigenvalue weighted by Gasteiger charge is 2.17. The van der Waals surface area contributed by atoms with Gasteiger partial charge in [0.15, 0.2) is 0 Å². The van der Waals surface area contributed by atoms with Crippen molar-refractivity contribution in [3.8, 4) is 0 Å². The summed E-state index contributed by atoms with van der Waals surface area (Å²) in [4.78, 5) is 36.1. The lowest BCUT2D eigenvalue weighted by Crippen LogP contribution is -2.41. The van der Waals surface area contributed by atoms with E-state index >= 15 is 0 Å². The maximum atomic E-state index is 12.2. The maximum Gasteiger partial charge on any atom is 0.319 e. The minimum atomic E-state index is -0.748. The van der Waals surface area contributed by atoms with Gasteiger partial charge in [-0.15, -0.1) is 0 Å². The molecule has 0 saturated heterocycles. The van der Waals surface area contributed by atoms with Gasteiger partial charge in [0.1, 0.15) is 18.1 Å². The molecule has 0 radical (unpaired) electrons. The number of rotatable bonds is 7. The van der Waals surface area contributed by atoms with Gasteiger partial charge >= 0.3 is 6.03 Å². The van der Waals surface area contributed by atoms with E-state index in [4.69, 9.17) is 8.83 Å². The van der Waals surface area contributed by atoms with E-state index < -0.39 is 11.9 Å². The highest BCUT2D eigenvalue weighted by atomic mass is 16.3. The van der Waals surface area contributed by atoms with E-state index in [0.717, 1.165) is 0 Å². The van der Waals surface area contributed by atoms with Gasteiger partial charge in [-0.25, -0.2) is 4.79 Å². The standard InChI is InChI=1S/C20H20N4O5/c1-13(22-19(26)14-8-10-28-12-14)18(25)23-15-4-6-16(7-5-15)24-20(27)21-11-17-3-2-9-29-17/h2-10,12-13H,11H2,1H3,(H,22,26)(H,23,25)(H2,21,24,27)/t13-/m0/s1. The minimum Gasteiger partial charge on any atom is -0.472 e. The molecular weight excluding hydrogens is 376 g/mol. The van der Waals surface area contributed by atoms with Crippen LogP contribution in [0.5, 0.6) is 0 Å². The van der Waals surface area contributed by atoms with Crippen LogP contribution in [0.4, 0.5) is 16.2 Å². The molecule has 0 fully saturated rings. The molecule has 0 saturated carbocycles. The van der Waals surface area contributed by atoms with E-state index in [0.29, 0.717) is 22.7 Å². The number of carbonyl (C=O) groups is 3. The van der Waals surface area contributed by atoms with Crippen LogP contribution in [0.1, 0.15) is 23.0 Å². The molecule has 9 nitrogen and oxygen atoms in total. The van der Waals surface area contributed by atoms with Crippen LogP contribution < -0.4 is 21.3 Å². The van der Waals surface area contributed by atoms with E-state index in [2.05, 4.69) is 21.3 Å². The number of hydrogen-bond acceptors (Lipinski definition) is 5. The second kappa shape index (κ2) is 9.27. The quantitative estimate of drug-likeness (QED) is 0.489. The van der Waals surface area contributed by atoms with Crippen molar-refractivity contribution in [2.24, 2.45) is 0 Å². The Labute approximate surface area is 166 Å². The van der Waals surface area contributed by atoms with E-state index in [1.165, 1.54) is 24.9 Å². The number of amides is 4.